The van der Waals surface area contributed by atoms with Gasteiger partial charge in [0.25, 0.3) is 5.56 Å². The molecule has 0 fully saturated rings. The lowest BCUT2D eigenvalue weighted by Gasteiger charge is -2.06. The second-order valence-corrected chi connectivity index (χ2v) is 5.64. The number of halogens is 1. The van der Waals surface area contributed by atoms with Crippen LogP contribution in [0.2, 0.25) is 5.02 Å². The third-order valence-corrected chi connectivity index (χ3v) is 3.88. The van der Waals surface area contributed by atoms with Crippen LogP contribution in [0.15, 0.2) is 28.3 Å². The molecule has 2 aromatic rings. The van der Waals surface area contributed by atoms with Gasteiger partial charge >= 0.3 is 0 Å². The van der Waals surface area contributed by atoms with Gasteiger partial charge < -0.3 is 4.98 Å². The van der Waals surface area contributed by atoms with Crippen molar-refractivity contribution >= 4 is 23.4 Å². The van der Waals surface area contributed by atoms with Crippen LogP contribution in [-0.4, -0.2) is 20.7 Å². The normalized spacial score (nSPS) is 10.7. The molecule has 19 heavy (non-hydrogen) atoms. The summed E-state index contributed by atoms with van der Waals surface area (Å²) in [4.78, 5) is 22.5. The highest BCUT2D eigenvalue weighted by atomic mass is 35.5. The van der Waals surface area contributed by atoms with Gasteiger partial charge in [0.15, 0.2) is 5.16 Å². The third kappa shape index (κ3) is 3.81. The fourth-order valence-corrected chi connectivity index (χ4v) is 2.90. The average Bonchev–Trinajstić information content (AvgIpc) is 2.32. The van der Waals surface area contributed by atoms with Gasteiger partial charge in [-0.2, -0.15) is 0 Å². The number of hydrogen-bond acceptors (Lipinski definition) is 4. The Kier molecular flexibility index (Phi) is 4.61. The summed E-state index contributed by atoms with van der Waals surface area (Å²) < 4.78 is 0. The molecule has 100 valence electrons. The van der Waals surface area contributed by atoms with Gasteiger partial charge in [-0.05, 0) is 31.9 Å². The maximum atomic E-state index is 11.3. The van der Waals surface area contributed by atoms with E-state index < -0.39 is 0 Å². The molecule has 0 aromatic carbocycles. The summed E-state index contributed by atoms with van der Waals surface area (Å²) in [5.74, 6) is 0.790. The molecule has 0 bridgehead atoms. The summed E-state index contributed by atoms with van der Waals surface area (Å²) in [6, 6.07) is 3.27. The van der Waals surface area contributed by atoms with Crippen LogP contribution in [0, 0.1) is 13.8 Å². The Balaban J connectivity index is 2.02. The molecule has 0 radical (unpaired) electrons. The minimum absolute atomic E-state index is 0.120. The van der Waals surface area contributed by atoms with Gasteiger partial charge in [-0.25, -0.2) is 4.98 Å². The standard InChI is InChI=1S/C13H14ClN3OS/c1-8-7-12(18)17-13(16-8)19-6-4-10-9(2)15-5-3-11(10)14/h3,5,7H,4,6H2,1-2H3,(H,16,17,18). The average molecular weight is 296 g/mol. The van der Waals surface area contributed by atoms with E-state index in [1.165, 1.54) is 17.8 Å². The molecule has 4 nitrogen and oxygen atoms in total. The quantitative estimate of drug-likeness (QED) is 0.696. The summed E-state index contributed by atoms with van der Waals surface area (Å²) in [7, 11) is 0. The minimum atomic E-state index is -0.120. The fraction of sp³-hybridized carbons (Fsp3) is 0.308. The monoisotopic (exact) mass is 295 g/mol. The van der Waals surface area contributed by atoms with Crippen LogP contribution < -0.4 is 5.56 Å². The van der Waals surface area contributed by atoms with Gasteiger partial charge in [0.2, 0.25) is 0 Å². The first kappa shape index (κ1) is 14.1. The van der Waals surface area contributed by atoms with E-state index in [4.69, 9.17) is 11.6 Å². The molecule has 2 heterocycles. The number of nitrogens with zero attached hydrogens (tertiary/aromatic N) is 2. The van der Waals surface area contributed by atoms with Crippen molar-refractivity contribution in [2.24, 2.45) is 0 Å². The molecule has 0 amide bonds. The molecule has 0 atom stereocenters. The van der Waals surface area contributed by atoms with E-state index in [-0.39, 0.29) is 5.56 Å². The minimum Gasteiger partial charge on any atom is -0.301 e. The van der Waals surface area contributed by atoms with E-state index in [0.717, 1.165) is 34.1 Å². The van der Waals surface area contributed by atoms with Crippen LogP contribution in [0.1, 0.15) is 17.0 Å². The van der Waals surface area contributed by atoms with Crippen molar-refractivity contribution in [3.05, 3.63) is 50.7 Å². The zero-order chi connectivity index (χ0) is 13.8. The van der Waals surface area contributed by atoms with E-state index in [9.17, 15) is 4.79 Å². The number of aryl methyl sites for hydroxylation is 2. The number of thioether (sulfide) groups is 1. The number of rotatable bonds is 4. The number of hydrogen-bond donors (Lipinski definition) is 1. The Morgan fingerprint density at radius 2 is 2.21 bits per heavy atom. The SMILES string of the molecule is Cc1cc(=O)[nH]c(SCCc2c(Cl)ccnc2C)n1. The first-order chi connectivity index (χ1) is 9.06. The Morgan fingerprint density at radius 3 is 2.89 bits per heavy atom. The summed E-state index contributed by atoms with van der Waals surface area (Å²) in [5.41, 5.74) is 2.60. The van der Waals surface area contributed by atoms with E-state index >= 15 is 0 Å². The number of aromatic nitrogens is 3. The topological polar surface area (TPSA) is 58.6 Å². The molecule has 0 unspecified atom stereocenters. The van der Waals surface area contributed by atoms with Crippen LogP contribution in [0.3, 0.4) is 0 Å². The van der Waals surface area contributed by atoms with Crippen LogP contribution in [-0.2, 0) is 6.42 Å². The predicted octanol–water partition coefficient (Wildman–Crippen LogP) is 2.77. The van der Waals surface area contributed by atoms with Gasteiger partial charge in [-0.3, -0.25) is 9.78 Å². The van der Waals surface area contributed by atoms with Crippen molar-refractivity contribution in [2.45, 2.75) is 25.4 Å². The molecule has 6 heteroatoms. The highest BCUT2D eigenvalue weighted by molar-refractivity contribution is 7.99. The number of H-pyrrole nitrogens is 1. The third-order valence-electron chi connectivity index (χ3n) is 2.65. The van der Waals surface area contributed by atoms with Gasteiger partial charge in [0.05, 0.1) is 0 Å². The van der Waals surface area contributed by atoms with Crippen molar-refractivity contribution in [3.8, 4) is 0 Å². The van der Waals surface area contributed by atoms with E-state index in [1.54, 1.807) is 19.2 Å². The smallest absolute Gasteiger partial charge is 0.251 e. The Hall–Kier alpha value is -1.33. The number of nitrogens with one attached hydrogen (secondary N) is 1. The molecule has 0 aliphatic rings. The summed E-state index contributed by atoms with van der Waals surface area (Å²) in [5, 5.41) is 1.38. The van der Waals surface area contributed by atoms with Gasteiger partial charge in [0.1, 0.15) is 0 Å². The Morgan fingerprint density at radius 1 is 1.42 bits per heavy atom. The van der Waals surface area contributed by atoms with E-state index in [1.807, 2.05) is 6.92 Å². The molecule has 2 rings (SSSR count). The molecule has 1 N–H and O–H groups in total. The van der Waals surface area contributed by atoms with Crippen molar-refractivity contribution in [1.29, 1.82) is 0 Å². The van der Waals surface area contributed by atoms with Crippen molar-refractivity contribution in [1.82, 2.24) is 15.0 Å². The molecule has 0 saturated carbocycles. The molecule has 2 aromatic heterocycles. The van der Waals surface area contributed by atoms with Crippen LogP contribution >= 0.6 is 23.4 Å². The molecular weight excluding hydrogens is 282 g/mol. The van der Waals surface area contributed by atoms with Crippen LogP contribution in [0.25, 0.3) is 0 Å². The number of pyridine rings is 1. The lowest BCUT2D eigenvalue weighted by atomic mass is 10.1. The van der Waals surface area contributed by atoms with Crippen LogP contribution in [0.4, 0.5) is 0 Å². The first-order valence-electron chi connectivity index (χ1n) is 5.87. The van der Waals surface area contributed by atoms with Crippen molar-refractivity contribution in [2.75, 3.05) is 5.75 Å². The summed E-state index contributed by atoms with van der Waals surface area (Å²) in [6.45, 7) is 3.75. The Labute approximate surface area is 120 Å². The summed E-state index contributed by atoms with van der Waals surface area (Å²) >= 11 is 7.65. The maximum Gasteiger partial charge on any atom is 0.251 e. The maximum absolute atomic E-state index is 11.3. The molecular formula is C13H14ClN3OS. The molecule has 0 aliphatic heterocycles. The van der Waals surface area contributed by atoms with Crippen molar-refractivity contribution < 1.29 is 0 Å². The second-order valence-electron chi connectivity index (χ2n) is 4.15. The highest BCUT2D eigenvalue weighted by Crippen LogP contribution is 2.21. The largest absolute Gasteiger partial charge is 0.301 e. The highest BCUT2D eigenvalue weighted by Gasteiger charge is 2.06. The molecule has 0 aliphatic carbocycles. The van der Waals surface area contributed by atoms with Gasteiger partial charge in [-0.1, -0.05) is 23.4 Å². The molecule has 0 spiro atoms. The van der Waals surface area contributed by atoms with Gasteiger partial charge in [0, 0.05) is 34.4 Å². The lowest BCUT2D eigenvalue weighted by molar-refractivity contribution is 0.903. The zero-order valence-electron chi connectivity index (χ0n) is 10.7. The summed E-state index contributed by atoms with van der Waals surface area (Å²) in [6.07, 6.45) is 2.49. The predicted molar refractivity (Wildman–Crippen MR) is 78.0 cm³/mol. The first-order valence-corrected chi connectivity index (χ1v) is 7.23. The molecule has 0 saturated heterocycles. The fourth-order valence-electron chi connectivity index (χ4n) is 1.74. The lowest BCUT2D eigenvalue weighted by Crippen LogP contribution is -2.08. The van der Waals surface area contributed by atoms with Gasteiger partial charge in [-0.15, -0.1) is 0 Å². The second kappa shape index (κ2) is 6.21. The number of aromatic amines is 1. The van der Waals surface area contributed by atoms with E-state index in [0.29, 0.717) is 5.16 Å². The zero-order valence-corrected chi connectivity index (χ0v) is 12.3. The van der Waals surface area contributed by atoms with E-state index in [2.05, 4.69) is 15.0 Å². The van der Waals surface area contributed by atoms with Crippen LogP contribution in [0.5, 0.6) is 0 Å². The van der Waals surface area contributed by atoms with Crippen molar-refractivity contribution in [3.63, 3.8) is 0 Å². The Bertz CT molecular complexity index is 622.